The van der Waals surface area contributed by atoms with E-state index in [4.69, 9.17) is 19.3 Å². The van der Waals surface area contributed by atoms with E-state index in [1.807, 2.05) is 25.1 Å². The van der Waals surface area contributed by atoms with Gasteiger partial charge in [-0.2, -0.15) is 0 Å². The van der Waals surface area contributed by atoms with Gasteiger partial charge >= 0.3 is 5.97 Å². The normalized spacial score (nSPS) is 22.1. The van der Waals surface area contributed by atoms with Crippen LogP contribution < -0.4 is 4.74 Å². The molecule has 0 aromatic heterocycles. The number of rotatable bonds is 6. The molecule has 0 bridgehead atoms. The second-order valence-corrected chi connectivity index (χ2v) is 5.37. The summed E-state index contributed by atoms with van der Waals surface area (Å²) in [5, 5.41) is 9.05. The van der Waals surface area contributed by atoms with Gasteiger partial charge in [-0.3, -0.25) is 0 Å². The molecule has 1 aliphatic heterocycles. The zero-order valence-corrected chi connectivity index (χ0v) is 12.0. The number of aliphatic carboxylic acids is 1. The molecule has 0 spiro atoms. The lowest BCUT2D eigenvalue weighted by molar-refractivity contribution is -0.376. The van der Waals surface area contributed by atoms with Crippen molar-refractivity contribution in [2.45, 2.75) is 51.8 Å². The van der Waals surface area contributed by atoms with Crippen LogP contribution in [-0.2, 0) is 20.7 Å². The summed E-state index contributed by atoms with van der Waals surface area (Å²) in [6, 6.07) is 7.44. The first-order valence-electron chi connectivity index (χ1n) is 6.69. The predicted molar refractivity (Wildman–Crippen MR) is 72.5 cm³/mol. The third-order valence-electron chi connectivity index (χ3n) is 3.14. The highest BCUT2D eigenvalue weighted by molar-refractivity contribution is 5.76. The molecule has 1 heterocycles. The SMILES string of the molecule is CC1OC(CCc2cccc(OC(C)(C)C(=O)O)c2)O1. The maximum absolute atomic E-state index is 11.0. The van der Waals surface area contributed by atoms with E-state index >= 15 is 0 Å². The highest BCUT2D eigenvalue weighted by Gasteiger charge is 2.29. The maximum Gasteiger partial charge on any atom is 0.347 e. The average molecular weight is 280 g/mol. The monoisotopic (exact) mass is 280 g/mol. The van der Waals surface area contributed by atoms with Crippen LogP contribution in [-0.4, -0.2) is 29.3 Å². The molecule has 0 atom stereocenters. The van der Waals surface area contributed by atoms with Crippen molar-refractivity contribution in [2.75, 3.05) is 0 Å². The predicted octanol–water partition coefficient (Wildman–Crippen LogP) is 2.58. The molecule has 1 saturated heterocycles. The number of hydrogen-bond donors (Lipinski definition) is 1. The van der Waals surface area contributed by atoms with E-state index in [0.29, 0.717) is 5.75 Å². The van der Waals surface area contributed by atoms with Crippen molar-refractivity contribution in [1.29, 1.82) is 0 Å². The molecule has 0 radical (unpaired) electrons. The lowest BCUT2D eigenvalue weighted by Crippen LogP contribution is -2.38. The minimum Gasteiger partial charge on any atom is -0.478 e. The van der Waals surface area contributed by atoms with Gasteiger partial charge in [0.05, 0.1) is 0 Å². The first kappa shape index (κ1) is 14.8. The molecule has 2 rings (SSSR count). The molecule has 0 unspecified atom stereocenters. The Morgan fingerprint density at radius 3 is 2.70 bits per heavy atom. The summed E-state index contributed by atoms with van der Waals surface area (Å²) in [4.78, 5) is 11.0. The minimum absolute atomic E-state index is 0.106. The number of carboxylic acids is 1. The van der Waals surface area contributed by atoms with Gasteiger partial charge in [0.1, 0.15) is 5.75 Å². The molecule has 1 fully saturated rings. The highest BCUT2D eigenvalue weighted by atomic mass is 16.9. The van der Waals surface area contributed by atoms with Crippen LogP contribution in [0.2, 0.25) is 0 Å². The topological polar surface area (TPSA) is 65.0 Å². The summed E-state index contributed by atoms with van der Waals surface area (Å²) in [6.45, 7) is 4.91. The third-order valence-corrected chi connectivity index (χ3v) is 3.14. The summed E-state index contributed by atoms with van der Waals surface area (Å²) in [6.07, 6.45) is 1.33. The van der Waals surface area contributed by atoms with E-state index < -0.39 is 11.6 Å². The van der Waals surface area contributed by atoms with Gasteiger partial charge in [0.2, 0.25) is 0 Å². The van der Waals surface area contributed by atoms with Gasteiger partial charge in [-0.05, 0) is 44.9 Å². The first-order valence-corrected chi connectivity index (χ1v) is 6.69. The van der Waals surface area contributed by atoms with Gasteiger partial charge in [-0.1, -0.05) is 12.1 Å². The molecular weight excluding hydrogens is 260 g/mol. The molecule has 1 aromatic carbocycles. The minimum atomic E-state index is -1.24. The van der Waals surface area contributed by atoms with Crippen molar-refractivity contribution in [1.82, 2.24) is 0 Å². The third kappa shape index (κ3) is 3.71. The Hall–Kier alpha value is -1.59. The molecule has 110 valence electrons. The molecule has 1 aliphatic rings. The zero-order chi connectivity index (χ0) is 14.8. The van der Waals surface area contributed by atoms with E-state index in [1.165, 1.54) is 13.8 Å². The van der Waals surface area contributed by atoms with Gasteiger partial charge in [0, 0.05) is 6.42 Å². The van der Waals surface area contributed by atoms with Crippen molar-refractivity contribution >= 4 is 5.97 Å². The quantitative estimate of drug-likeness (QED) is 0.867. The van der Waals surface area contributed by atoms with Crippen LogP contribution in [0.3, 0.4) is 0 Å². The lowest BCUT2D eigenvalue weighted by atomic mass is 10.1. The number of hydrogen-bond acceptors (Lipinski definition) is 4. The van der Waals surface area contributed by atoms with Gasteiger partial charge in [0.15, 0.2) is 18.2 Å². The molecule has 0 saturated carbocycles. The van der Waals surface area contributed by atoms with Crippen molar-refractivity contribution in [2.24, 2.45) is 0 Å². The Morgan fingerprint density at radius 1 is 1.40 bits per heavy atom. The molecule has 0 aliphatic carbocycles. The first-order chi connectivity index (χ1) is 9.37. The standard InChI is InChI=1S/C15H20O5/c1-10-18-13(19-10)8-7-11-5-4-6-12(9-11)20-15(2,3)14(16)17/h4-6,9-10,13H,7-8H2,1-3H3,(H,16,17). The maximum atomic E-state index is 11.0. The van der Waals surface area contributed by atoms with E-state index in [2.05, 4.69) is 0 Å². The average Bonchev–Trinajstić information content (AvgIpc) is 2.33. The molecule has 5 nitrogen and oxygen atoms in total. The summed E-state index contributed by atoms with van der Waals surface area (Å²) in [5.41, 5.74) is -0.177. The highest BCUT2D eigenvalue weighted by Crippen LogP contribution is 2.23. The molecule has 5 heteroatoms. The van der Waals surface area contributed by atoms with Crippen molar-refractivity contribution < 1.29 is 24.1 Å². The largest absolute Gasteiger partial charge is 0.478 e. The smallest absolute Gasteiger partial charge is 0.347 e. The van der Waals surface area contributed by atoms with E-state index in [-0.39, 0.29) is 12.6 Å². The second kappa shape index (κ2) is 5.81. The van der Waals surface area contributed by atoms with Crippen molar-refractivity contribution in [3.63, 3.8) is 0 Å². The van der Waals surface area contributed by atoms with Gasteiger partial charge in [0.25, 0.3) is 0 Å². The summed E-state index contributed by atoms with van der Waals surface area (Å²) in [5.74, 6) is -0.438. The molecule has 1 aromatic rings. The van der Waals surface area contributed by atoms with Crippen LogP contribution in [0.1, 0.15) is 32.8 Å². The fourth-order valence-corrected chi connectivity index (χ4v) is 1.96. The van der Waals surface area contributed by atoms with Gasteiger partial charge in [-0.15, -0.1) is 0 Å². The zero-order valence-electron chi connectivity index (χ0n) is 12.0. The van der Waals surface area contributed by atoms with Crippen LogP contribution in [0.25, 0.3) is 0 Å². The van der Waals surface area contributed by atoms with Crippen LogP contribution >= 0.6 is 0 Å². The number of aryl methyl sites for hydroxylation is 1. The number of carbonyl (C=O) groups is 1. The van der Waals surface area contributed by atoms with Crippen LogP contribution in [0, 0.1) is 0 Å². The van der Waals surface area contributed by atoms with Crippen molar-refractivity contribution in [3.8, 4) is 5.75 Å². The van der Waals surface area contributed by atoms with Crippen LogP contribution in [0.4, 0.5) is 0 Å². The van der Waals surface area contributed by atoms with E-state index in [0.717, 1.165) is 18.4 Å². The lowest BCUT2D eigenvalue weighted by Gasteiger charge is -2.33. The number of ether oxygens (including phenoxy) is 3. The summed E-state index contributed by atoms with van der Waals surface area (Å²) < 4.78 is 16.2. The van der Waals surface area contributed by atoms with Gasteiger partial charge in [-0.25, -0.2) is 4.79 Å². The second-order valence-electron chi connectivity index (χ2n) is 5.37. The summed E-state index contributed by atoms with van der Waals surface area (Å²) >= 11 is 0. The van der Waals surface area contributed by atoms with Crippen LogP contribution in [0.5, 0.6) is 5.75 Å². The molecule has 0 amide bonds. The Morgan fingerprint density at radius 2 is 2.10 bits per heavy atom. The van der Waals surface area contributed by atoms with Gasteiger partial charge < -0.3 is 19.3 Å². The fraction of sp³-hybridized carbons (Fsp3) is 0.533. The Labute approximate surface area is 118 Å². The Kier molecular flexibility index (Phi) is 4.30. The van der Waals surface area contributed by atoms with E-state index in [9.17, 15) is 4.79 Å². The Bertz CT molecular complexity index is 477. The molecule has 20 heavy (non-hydrogen) atoms. The number of carboxylic acid groups (broad SMARTS) is 1. The van der Waals surface area contributed by atoms with Crippen molar-refractivity contribution in [3.05, 3.63) is 29.8 Å². The van der Waals surface area contributed by atoms with E-state index in [1.54, 1.807) is 6.07 Å². The fourth-order valence-electron chi connectivity index (χ4n) is 1.96. The summed E-state index contributed by atoms with van der Waals surface area (Å²) in [7, 11) is 0. The number of benzene rings is 1. The Balaban J connectivity index is 1.92. The molecular formula is C15H20O5. The molecule has 1 N–H and O–H groups in total. The van der Waals surface area contributed by atoms with Crippen LogP contribution in [0.15, 0.2) is 24.3 Å².